The third-order valence-electron chi connectivity index (χ3n) is 2.56. The quantitative estimate of drug-likeness (QED) is 0.831. The zero-order chi connectivity index (χ0) is 13.7. The number of halogens is 1. The molecule has 1 aromatic heterocycles. The maximum Gasteiger partial charge on any atom is 0.410 e. The topological polar surface area (TPSA) is 29.5 Å². The van der Waals surface area contributed by atoms with Crippen LogP contribution in [0.4, 0.5) is 4.79 Å². The van der Waals surface area contributed by atoms with E-state index in [1.165, 1.54) is 0 Å². The lowest BCUT2D eigenvalue weighted by Crippen LogP contribution is -2.26. The lowest BCUT2D eigenvalue weighted by atomic mass is 10.2. The molecule has 2 aromatic rings. The maximum atomic E-state index is 11.8. The molecule has 0 N–H and O–H groups in total. The van der Waals surface area contributed by atoms with E-state index in [2.05, 4.69) is 15.9 Å². The summed E-state index contributed by atoms with van der Waals surface area (Å²) < 4.78 is 6.31. The smallest absolute Gasteiger partial charge is 0.410 e. The molecule has 0 fully saturated rings. The highest BCUT2D eigenvalue weighted by Gasteiger charge is 2.11. The predicted molar refractivity (Wildman–Crippen MR) is 80.1 cm³/mol. The van der Waals surface area contributed by atoms with Gasteiger partial charge in [0, 0.05) is 13.6 Å². The number of rotatable bonds is 4. The number of amides is 1. The van der Waals surface area contributed by atoms with Crippen LogP contribution in [0, 0.1) is 0 Å². The van der Waals surface area contributed by atoms with Crippen molar-refractivity contribution in [3.63, 3.8) is 0 Å². The monoisotopic (exact) mass is 339 g/mol. The number of thiophene rings is 1. The Morgan fingerprint density at radius 3 is 2.68 bits per heavy atom. The molecular formula is C14H14BrNO2S. The predicted octanol–water partition coefficient (Wildman–Crippen LogP) is 4.28. The van der Waals surface area contributed by atoms with E-state index in [-0.39, 0.29) is 6.09 Å². The van der Waals surface area contributed by atoms with E-state index >= 15 is 0 Å². The minimum Gasteiger partial charge on any atom is -0.445 e. The second-order valence-corrected chi connectivity index (χ2v) is 6.45. The summed E-state index contributed by atoms with van der Waals surface area (Å²) in [6.07, 6.45) is -0.314. The van der Waals surface area contributed by atoms with Gasteiger partial charge in [0.2, 0.25) is 0 Å². The SMILES string of the molecule is CN(Cc1csc(Br)c1)C(=O)OCc1ccccc1. The Bertz CT molecular complexity index is 541. The third kappa shape index (κ3) is 4.36. The molecule has 0 aliphatic carbocycles. The Balaban J connectivity index is 1.82. The summed E-state index contributed by atoms with van der Waals surface area (Å²) in [6.45, 7) is 0.854. The van der Waals surface area contributed by atoms with Crippen LogP contribution in [0.2, 0.25) is 0 Å². The Hall–Kier alpha value is -1.33. The molecule has 1 heterocycles. The number of benzene rings is 1. The van der Waals surface area contributed by atoms with E-state index in [1.807, 2.05) is 41.8 Å². The van der Waals surface area contributed by atoms with Gasteiger partial charge in [-0.25, -0.2) is 4.79 Å². The molecule has 5 heteroatoms. The van der Waals surface area contributed by atoms with Crippen LogP contribution in [-0.4, -0.2) is 18.0 Å². The summed E-state index contributed by atoms with van der Waals surface area (Å²) in [6, 6.07) is 11.7. The van der Waals surface area contributed by atoms with Crippen molar-refractivity contribution in [3.05, 3.63) is 56.7 Å². The summed E-state index contributed by atoms with van der Waals surface area (Å²) >= 11 is 5.01. The summed E-state index contributed by atoms with van der Waals surface area (Å²) in [7, 11) is 1.74. The first-order chi connectivity index (χ1) is 9.15. The highest BCUT2D eigenvalue weighted by atomic mass is 79.9. The van der Waals surface area contributed by atoms with Crippen LogP contribution >= 0.6 is 27.3 Å². The van der Waals surface area contributed by atoms with Gasteiger partial charge in [0.25, 0.3) is 0 Å². The van der Waals surface area contributed by atoms with E-state index < -0.39 is 0 Å². The fourth-order valence-electron chi connectivity index (χ4n) is 1.60. The molecule has 0 aliphatic heterocycles. The molecule has 0 saturated carbocycles. The van der Waals surface area contributed by atoms with Gasteiger partial charge in [-0.2, -0.15) is 0 Å². The van der Waals surface area contributed by atoms with Gasteiger partial charge in [-0.3, -0.25) is 0 Å². The molecule has 100 valence electrons. The zero-order valence-electron chi connectivity index (χ0n) is 10.5. The van der Waals surface area contributed by atoms with Gasteiger partial charge in [-0.15, -0.1) is 11.3 Å². The average Bonchev–Trinajstić information content (AvgIpc) is 2.82. The van der Waals surface area contributed by atoms with E-state index in [9.17, 15) is 4.79 Å². The van der Waals surface area contributed by atoms with E-state index in [4.69, 9.17) is 4.74 Å². The Morgan fingerprint density at radius 2 is 2.05 bits per heavy atom. The highest BCUT2D eigenvalue weighted by Crippen LogP contribution is 2.21. The summed E-state index contributed by atoms with van der Waals surface area (Å²) in [5.41, 5.74) is 2.08. The summed E-state index contributed by atoms with van der Waals surface area (Å²) in [5, 5.41) is 2.02. The Morgan fingerprint density at radius 1 is 1.32 bits per heavy atom. The van der Waals surface area contributed by atoms with Crippen molar-refractivity contribution in [2.24, 2.45) is 0 Å². The van der Waals surface area contributed by atoms with E-state index in [1.54, 1.807) is 23.3 Å². The van der Waals surface area contributed by atoms with Crippen LogP contribution in [0.15, 0.2) is 45.6 Å². The number of nitrogens with zero attached hydrogens (tertiary/aromatic N) is 1. The van der Waals surface area contributed by atoms with E-state index in [0.29, 0.717) is 13.2 Å². The molecule has 0 atom stereocenters. The normalized spacial score (nSPS) is 10.2. The molecule has 0 unspecified atom stereocenters. The van der Waals surface area contributed by atoms with Crippen molar-refractivity contribution < 1.29 is 9.53 Å². The van der Waals surface area contributed by atoms with Gasteiger partial charge in [0.1, 0.15) is 6.61 Å². The largest absolute Gasteiger partial charge is 0.445 e. The van der Waals surface area contributed by atoms with Crippen molar-refractivity contribution >= 4 is 33.4 Å². The molecule has 3 nitrogen and oxygen atoms in total. The summed E-state index contributed by atoms with van der Waals surface area (Å²) in [4.78, 5) is 13.4. The van der Waals surface area contributed by atoms with Gasteiger partial charge in [0.15, 0.2) is 0 Å². The fourth-order valence-corrected chi connectivity index (χ4v) is 2.80. The second-order valence-electron chi connectivity index (χ2n) is 4.16. The average molecular weight is 340 g/mol. The van der Waals surface area contributed by atoms with Crippen LogP contribution in [0.25, 0.3) is 0 Å². The maximum absolute atomic E-state index is 11.8. The Kier molecular flexibility index (Phi) is 4.99. The zero-order valence-corrected chi connectivity index (χ0v) is 12.9. The van der Waals surface area contributed by atoms with Gasteiger partial charge >= 0.3 is 6.09 Å². The van der Waals surface area contributed by atoms with Crippen LogP contribution in [0.1, 0.15) is 11.1 Å². The van der Waals surface area contributed by atoms with Crippen LogP contribution in [0.5, 0.6) is 0 Å². The van der Waals surface area contributed by atoms with Gasteiger partial charge < -0.3 is 9.64 Å². The van der Waals surface area contributed by atoms with Crippen molar-refractivity contribution in [1.29, 1.82) is 0 Å². The molecule has 0 aliphatic rings. The first-order valence-electron chi connectivity index (χ1n) is 5.80. The van der Waals surface area contributed by atoms with Crippen molar-refractivity contribution in [1.82, 2.24) is 4.90 Å². The van der Waals surface area contributed by atoms with Crippen molar-refractivity contribution in [3.8, 4) is 0 Å². The number of carbonyl (C=O) groups excluding carboxylic acids is 1. The molecule has 0 spiro atoms. The van der Waals surface area contributed by atoms with Crippen LogP contribution in [-0.2, 0) is 17.9 Å². The first kappa shape index (κ1) is 14.1. The van der Waals surface area contributed by atoms with Crippen LogP contribution in [0.3, 0.4) is 0 Å². The van der Waals surface area contributed by atoms with Crippen molar-refractivity contribution in [2.75, 3.05) is 7.05 Å². The molecule has 0 bridgehead atoms. The van der Waals surface area contributed by atoms with Gasteiger partial charge in [-0.05, 0) is 38.5 Å². The second kappa shape index (κ2) is 6.73. The molecule has 2 rings (SSSR count). The Labute approximate surface area is 124 Å². The fraction of sp³-hybridized carbons (Fsp3) is 0.214. The first-order valence-corrected chi connectivity index (χ1v) is 7.47. The molecule has 1 amide bonds. The lowest BCUT2D eigenvalue weighted by molar-refractivity contribution is 0.103. The molecule has 19 heavy (non-hydrogen) atoms. The highest BCUT2D eigenvalue weighted by molar-refractivity contribution is 9.11. The lowest BCUT2D eigenvalue weighted by Gasteiger charge is -2.16. The number of hydrogen-bond acceptors (Lipinski definition) is 3. The number of ether oxygens (including phenoxy) is 1. The third-order valence-corrected chi connectivity index (χ3v) is 4.11. The van der Waals surface area contributed by atoms with Crippen LogP contribution < -0.4 is 0 Å². The standard InChI is InChI=1S/C14H14BrNO2S/c1-16(8-12-7-13(15)19-10-12)14(17)18-9-11-5-3-2-4-6-11/h2-7,10H,8-9H2,1H3. The van der Waals surface area contributed by atoms with Crippen molar-refractivity contribution in [2.45, 2.75) is 13.2 Å². The molecule has 0 saturated heterocycles. The van der Waals surface area contributed by atoms with Gasteiger partial charge in [0.05, 0.1) is 3.79 Å². The number of carbonyl (C=O) groups is 1. The summed E-state index contributed by atoms with van der Waals surface area (Å²) in [5.74, 6) is 0. The molecule has 1 aromatic carbocycles. The number of hydrogen-bond donors (Lipinski definition) is 0. The minimum absolute atomic E-state index is 0.303. The van der Waals surface area contributed by atoms with Gasteiger partial charge in [-0.1, -0.05) is 30.3 Å². The van der Waals surface area contributed by atoms with E-state index in [0.717, 1.165) is 14.9 Å². The molecule has 0 radical (unpaired) electrons. The molecular weight excluding hydrogens is 326 g/mol. The minimum atomic E-state index is -0.314.